The van der Waals surface area contributed by atoms with Crippen molar-refractivity contribution < 1.29 is 8.42 Å². The average Bonchev–Trinajstić information content (AvgIpc) is 2.95. The molecule has 0 unspecified atom stereocenters. The van der Waals surface area contributed by atoms with Crippen molar-refractivity contribution in [2.24, 2.45) is 5.92 Å². The van der Waals surface area contributed by atoms with E-state index in [2.05, 4.69) is 32.1 Å². The highest BCUT2D eigenvalue weighted by Crippen LogP contribution is 2.24. The Bertz CT molecular complexity index is 815. The van der Waals surface area contributed by atoms with Crippen molar-refractivity contribution in [1.29, 1.82) is 0 Å². The molecule has 0 N–H and O–H groups in total. The Kier molecular flexibility index (Phi) is 3.92. The normalized spacial score (nSPS) is 22.2. The van der Waals surface area contributed by atoms with Crippen LogP contribution in [0.15, 0.2) is 18.5 Å². The topological polar surface area (TPSA) is 83.7 Å². The van der Waals surface area contributed by atoms with E-state index in [1.54, 1.807) is 10.8 Å². The zero-order valence-electron chi connectivity index (χ0n) is 13.7. The Hall–Kier alpha value is -1.74. The fraction of sp³-hybridized carbons (Fsp3) is 0.667. The van der Waals surface area contributed by atoms with E-state index in [1.165, 1.54) is 0 Å². The molecule has 4 heterocycles. The molecule has 2 saturated heterocycles. The van der Waals surface area contributed by atoms with Gasteiger partial charge in [-0.15, -0.1) is 15.3 Å². The summed E-state index contributed by atoms with van der Waals surface area (Å²) in [5.74, 6) is 2.14. The second-order valence-electron chi connectivity index (χ2n) is 6.92. The van der Waals surface area contributed by atoms with Gasteiger partial charge in [0.05, 0.1) is 11.5 Å². The molecule has 0 amide bonds. The third kappa shape index (κ3) is 3.10. The molecule has 4 rings (SSSR count). The van der Waals surface area contributed by atoms with Gasteiger partial charge in [-0.1, -0.05) is 0 Å². The number of fused-ring (bicyclic) bond motifs is 1. The van der Waals surface area contributed by atoms with Crippen LogP contribution in [0.3, 0.4) is 0 Å². The maximum atomic E-state index is 11.5. The third-order valence-corrected chi connectivity index (χ3v) is 6.89. The van der Waals surface area contributed by atoms with Crippen LogP contribution < -0.4 is 4.90 Å². The van der Waals surface area contributed by atoms with Crippen LogP contribution in [0.2, 0.25) is 0 Å². The van der Waals surface area contributed by atoms with Crippen LogP contribution in [0, 0.1) is 5.92 Å². The first-order valence-corrected chi connectivity index (χ1v) is 10.1. The smallest absolute Gasteiger partial charge is 0.177 e. The van der Waals surface area contributed by atoms with Crippen LogP contribution in [-0.4, -0.2) is 77.4 Å². The number of anilines is 1. The van der Waals surface area contributed by atoms with Gasteiger partial charge in [-0.25, -0.2) is 8.42 Å². The second-order valence-corrected chi connectivity index (χ2v) is 9.22. The Morgan fingerprint density at radius 2 is 2.00 bits per heavy atom. The molecule has 0 aliphatic carbocycles. The molecule has 24 heavy (non-hydrogen) atoms. The summed E-state index contributed by atoms with van der Waals surface area (Å²) in [5, 5.41) is 12.3. The number of likely N-dealkylation sites (N-methyl/N-ethyl adjacent to an activating group) is 1. The van der Waals surface area contributed by atoms with Crippen LogP contribution in [0.4, 0.5) is 5.82 Å². The molecule has 2 aliphatic heterocycles. The SMILES string of the molecule is CN(CC1CCS(=O)(=O)CC1)C1CN(c2ccc3nncn3n2)C1. The molecule has 2 aromatic rings. The van der Waals surface area contributed by atoms with E-state index in [4.69, 9.17) is 0 Å². The van der Waals surface area contributed by atoms with Gasteiger partial charge in [0.2, 0.25) is 0 Å². The van der Waals surface area contributed by atoms with Crippen LogP contribution in [-0.2, 0) is 9.84 Å². The lowest BCUT2D eigenvalue weighted by Crippen LogP contribution is -2.59. The zero-order chi connectivity index (χ0) is 16.7. The predicted octanol–water partition coefficient (Wildman–Crippen LogP) is 0.0695. The molecule has 0 radical (unpaired) electrons. The van der Waals surface area contributed by atoms with Crippen molar-refractivity contribution in [1.82, 2.24) is 24.7 Å². The predicted molar refractivity (Wildman–Crippen MR) is 90.8 cm³/mol. The average molecular weight is 350 g/mol. The minimum atomic E-state index is -2.77. The van der Waals surface area contributed by atoms with Gasteiger partial charge in [-0.05, 0) is 37.9 Å². The van der Waals surface area contributed by atoms with Gasteiger partial charge in [-0.2, -0.15) is 4.52 Å². The molecule has 2 aromatic heterocycles. The molecule has 9 heteroatoms. The molecule has 130 valence electrons. The summed E-state index contributed by atoms with van der Waals surface area (Å²) in [6, 6.07) is 4.41. The van der Waals surface area contributed by atoms with E-state index in [0.29, 0.717) is 23.5 Å². The Balaban J connectivity index is 1.30. The Morgan fingerprint density at radius 3 is 2.75 bits per heavy atom. The quantitative estimate of drug-likeness (QED) is 0.771. The van der Waals surface area contributed by atoms with E-state index in [1.807, 2.05) is 12.1 Å². The summed E-state index contributed by atoms with van der Waals surface area (Å²) in [6.45, 7) is 2.87. The van der Waals surface area contributed by atoms with Crippen molar-refractivity contribution in [2.75, 3.05) is 43.1 Å². The third-order valence-electron chi connectivity index (χ3n) is 5.18. The van der Waals surface area contributed by atoms with E-state index in [9.17, 15) is 8.42 Å². The lowest BCUT2D eigenvalue weighted by atomic mass is 10.00. The minimum absolute atomic E-state index is 0.352. The lowest BCUT2D eigenvalue weighted by molar-refractivity contribution is 0.171. The summed E-state index contributed by atoms with van der Waals surface area (Å²) in [7, 11) is -0.628. The summed E-state index contributed by atoms with van der Waals surface area (Å²) in [6.07, 6.45) is 3.21. The highest BCUT2D eigenvalue weighted by Gasteiger charge is 2.33. The molecule has 2 aliphatic rings. The van der Waals surface area contributed by atoms with E-state index in [-0.39, 0.29) is 0 Å². The van der Waals surface area contributed by atoms with Crippen LogP contribution in [0.1, 0.15) is 12.8 Å². The molecule has 0 bridgehead atoms. The van der Waals surface area contributed by atoms with Crippen molar-refractivity contribution in [3.63, 3.8) is 0 Å². The molecule has 0 aromatic carbocycles. The number of hydrogen-bond donors (Lipinski definition) is 0. The first-order chi connectivity index (χ1) is 11.5. The van der Waals surface area contributed by atoms with Crippen molar-refractivity contribution in [3.05, 3.63) is 18.5 Å². The monoisotopic (exact) mass is 350 g/mol. The number of rotatable bonds is 4. The van der Waals surface area contributed by atoms with E-state index in [0.717, 1.165) is 43.9 Å². The van der Waals surface area contributed by atoms with Crippen LogP contribution in [0.5, 0.6) is 0 Å². The van der Waals surface area contributed by atoms with Crippen LogP contribution in [0.25, 0.3) is 5.65 Å². The Labute approximate surface area is 141 Å². The van der Waals surface area contributed by atoms with Crippen molar-refractivity contribution in [2.45, 2.75) is 18.9 Å². The van der Waals surface area contributed by atoms with Crippen LogP contribution >= 0.6 is 0 Å². The second kappa shape index (κ2) is 5.96. The summed E-state index contributed by atoms with van der Waals surface area (Å²) in [5.41, 5.74) is 0.750. The standard InChI is InChI=1S/C15H22N6O2S/c1-19(8-12-4-6-24(22,23)7-5-12)13-9-20(10-13)15-3-2-14-17-16-11-21(14)18-15/h2-3,11-13H,4-10H2,1H3. The first-order valence-electron chi connectivity index (χ1n) is 8.33. The number of sulfone groups is 1. The summed E-state index contributed by atoms with van der Waals surface area (Å²) < 4.78 is 24.7. The largest absolute Gasteiger partial charge is 0.352 e. The van der Waals surface area contributed by atoms with Gasteiger partial charge in [0.25, 0.3) is 0 Å². The van der Waals surface area contributed by atoms with Crippen molar-refractivity contribution >= 4 is 21.3 Å². The zero-order valence-corrected chi connectivity index (χ0v) is 14.6. The number of aromatic nitrogens is 4. The molecular weight excluding hydrogens is 328 g/mol. The van der Waals surface area contributed by atoms with Gasteiger partial charge in [0, 0.05) is 25.7 Å². The lowest BCUT2D eigenvalue weighted by Gasteiger charge is -2.45. The van der Waals surface area contributed by atoms with E-state index >= 15 is 0 Å². The summed E-state index contributed by atoms with van der Waals surface area (Å²) >= 11 is 0. The minimum Gasteiger partial charge on any atom is -0.352 e. The first kappa shape index (κ1) is 15.8. The van der Waals surface area contributed by atoms with E-state index < -0.39 is 9.84 Å². The van der Waals surface area contributed by atoms with Gasteiger partial charge in [0.1, 0.15) is 22.0 Å². The molecular formula is C15H22N6O2S. The maximum absolute atomic E-state index is 11.5. The number of hydrogen-bond acceptors (Lipinski definition) is 7. The fourth-order valence-electron chi connectivity index (χ4n) is 3.49. The molecule has 2 fully saturated rings. The maximum Gasteiger partial charge on any atom is 0.177 e. The van der Waals surface area contributed by atoms with Gasteiger partial charge in [-0.3, -0.25) is 4.90 Å². The van der Waals surface area contributed by atoms with Gasteiger partial charge >= 0.3 is 0 Å². The highest BCUT2D eigenvalue weighted by atomic mass is 32.2. The van der Waals surface area contributed by atoms with Gasteiger partial charge in [0.15, 0.2) is 5.65 Å². The molecule has 0 spiro atoms. The Morgan fingerprint density at radius 1 is 1.25 bits per heavy atom. The summed E-state index contributed by atoms with van der Waals surface area (Å²) in [4.78, 5) is 4.61. The fourth-order valence-corrected chi connectivity index (χ4v) is 5.07. The van der Waals surface area contributed by atoms with Crippen molar-refractivity contribution in [3.8, 4) is 0 Å². The molecule has 0 atom stereocenters. The highest BCUT2D eigenvalue weighted by molar-refractivity contribution is 7.91. The van der Waals surface area contributed by atoms with Gasteiger partial charge < -0.3 is 4.90 Å². The molecule has 0 saturated carbocycles. The number of nitrogens with zero attached hydrogens (tertiary/aromatic N) is 6. The molecule has 8 nitrogen and oxygen atoms in total.